The number of aryl methyl sites for hydroxylation is 2. The molecule has 1 aromatic heterocycles. The average Bonchev–Trinajstić information content (AvgIpc) is 3.14. The predicted octanol–water partition coefficient (Wildman–Crippen LogP) is 7.00. The molecule has 1 amide bonds. The minimum absolute atomic E-state index is 0.109. The van der Waals surface area contributed by atoms with Crippen molar-refractivity contribution in [3.05, 3.63) is 101 Å². The van der Waals surface area contributed by atoms with Crippen LogP contribution in [0.4, 0.5) is 13.2 Å². The zero-order chi connectivity index (χ0) is 24.3. The number of fused-ring (bicyclic) bond motifs is 1. The standard InChI is InChI=1S/C27H25F3N2OS/c1-18-12-19(2)14-21(13-18)26(33)31-10-11-32-16-25(23-8-3-4-9-24(23)32)34-17-20-6-5-7-22(15-20)27(28,29)30/h3-9,12-16H,10-11,17H2,1-2H3,(H,31,33). The molecule has 176 valence electrons. The first-order valence-electron chi connectivity index (χ1n) is 10.9. The highest BCUT2D eigenvalue weighted by molar-refractivity contribution is 7.98. The number of hydrogen-bond donors (Lipinski definition) is 1. The zero-order valence-corrected chi connectivity index (χ0v) is 19.8. The zero-order valence-electron chi connectivity index (χ0n) is 18.9. The Morgan fingerprint density at radius 3 is 2.44 bits per heavy atom. The van der Waals surface area contributed by atoms with Gasteiger partial charge in [-0.1, -0.05) is 53.6 Å². The largest absolute Gasteiger partial charge is 0.416 e. The number of carbonyl (C=O) groups is 1. The number of carbonyl (C=O) groups excluding carboxylic acids is 1. The number of halogens is 3. The molecule has 0 bridgehead atoms. The molecule has 0 fully saturated rings. The number of hydrogen-bond acceptors (Lipinski definition) is 2. The molecule has 1 N–H and O–H groups in total. The SMILES string of the molecule is Cc1cc(C)cc(C(=O)NCCn2cc(SCc3cccc(C(F)(F)F)c3)c3ccccc32)c1. The Kier molecular flexibility index (Phi) is 7.03. The molecular formula is C27H25F3N2OS. The third kappa shape index (κ3) is 5.65. The third-order valence-corrected chi connectivity index (χ3v) is 6.64. The van der Waals surface area contributed by atoms with Crippen LogP contribution in [-0.4, -0.2) is 17.0 Å². The number of nitrogens with one attached hydrogen (secondary N) is 1. The number of benzene rings is 3. The van der Waals surface area contributed by atoms with E-state index in [-0.39, 0.29) is 5.91 Å². The maximum atomic E-state index is 13.0. The third-order valence-electron chi connectivity index (χ3n) is 5.52. The van der Waals surface area contributed by atoms with Crippen LogP contribution in [0.3, 0.4) is 0 Å². The maximum Gasteiger partial charge on any atom is 0.416 e. The van der Waals surface area contributed by atoms with Crippen LogP contribution in [0.15, 0.2) is 77.8 Å². The summed E-state index contributed by atoms with van der Waals surface area (Å²) in [6.07, 6.45) is -2.34. The van der Waals surface area contributed by atoms with Crippen LogP contribution >= 0.6 is 11.8 Å². The lowest BCUT2D eigenvalue weighted by Crippen LogP contribution is -2.27. The first kappa shape index (κ1) is 24.0. The summed E-state index contributed by atoms with van der Waals surface area (Å²) in [7, 11) is 0. The molecule has 34 heavy (non-hydrogen) atoms. The normalized spacial score (nSPS) is 11.7. The molecule has 0 aliphatic heterocycles. The molecule has 4 aromatic rings. The Morgan fingerprint density at radius 2 is 1.71 bits per heavy atom. The molecule has 0 radical (unpaired) electrons. The summed E-state index contributed by atoms with van der Waals surface area (Å²) >= 11 is 1.51. The van der Waals surface area contributed by atoms with Crippen LogP contribution in [0.2, 0.25) is 0 Å². The predicted molar refractivity (Wildman–Crippen MR) is 131 cm³/mol. The summed E-state index contributed by atoms with van der Waals surface area (Å²) in [4.78, 5) is 13.6. The highest BCUT2D eigenvalue weighted by atomic mass is 32.2. The van der Waals surface area contributed by atoms with Crippen LogP contribution < -0.4 is 5.32 Å². The van der Waals surface area contributed by atoms with Gasteiger partial charge in [0.2, 0.25) is 0 Å². The van der Waals surface area contributed by atoms with Gasteiger partial charge in [-0.05, 0) is 43.7 Å². The highest BCUT2D eigenvalue weighted by Crippen LogP contribution is 2.34. The monoisotopic (exact) mass is 482 g/mol. The number of rotatable bonds is 7. The quantitative estimate of drug-likeness (QED) is 0.288. The number of thioether (sulfide) groups is 1. The van der Waals surface area contributed by atoms with Gasteiger partial charge in [0.05, 0.1) is 5.56 Å². The number of aromatic nitrogens is 1. The average molecular weight is 483 g/mol. The Morgan fingerprint density at radius 1 is 0.971 bits per heavy atom. The molecule has 0 unspecified atom stereocenters. The Balaban J connectivity index is 1.45. The lowest BCUT2D eigenvalue weighted by Gasteiger charge is -2.09. The lowest BCUT2D eigenvalue weighted by molar-refractivity contribution is -0.137. The van der Waals surface area contributed by atoms with Crippen LogP contribution in [0, 0.1) is 13.8 Å². The van der Waals surface area contributed by atoms with Gasteiger partial charge in [-0.2, -0.15) is 13.2 Å². The van der Waals surface area contributed by atoms with E-state index < -0.39 is 11.7 Å². The van der Waals surface area contributed by atoms with E-state index in [1.807, 2.05) is 62.5 Å². The van der Waals surface area contributed by atoms with Crippen molar-refractivity contribution in [2.24, 2.45) is 0 Å². The minimum Gasteiger partial charge on any atom is -0.350 e. The van der Waals surface area contributed by atoms with E-state index in [9.17, 15) is 18.0 Å². The van der Waals surface area contributed by atoms with Gasteiger partial charge in [0.25, 0.3) is 5.91 Å². The molecule has 7 heteroatoms. The molecule has 4 rings (SSSR count). The van der Waals surface area contributed by atoms with E-state index in [0.29, 0.717) is 30.0 Å². The van der Waals surface area contributed by atoms with E-state index in [0.717, 1.165) is 33.0 Å². The van der Waals surface area contributed by atoms with E-state index in [4.69, 9.17) is 0 Å². The van der Waals surface area contributed by atoms with Gasteiger partial charge in [-0.25, -0.2) is 0 Å². The smallest absolute Gasteiger partial charge is 0.350 e. The van der Waals surface area contributed by atoms with Crippen molar-refractivity contribution in [3.63, 3.8) is 0 Å². The topological polar surface area (TPSA) is 34.0 Å². The van der Waals surface area contributed by atoms with Gasteiger partial charge in [-0.3, -0.25) is 4.79 Å². The van der Waals surface area contributed by atoms with Crippen LogP contribution in [0.5, 0.6) is 0 Å². The Hall–Kier alpha value is -3.19. The van der Waals surface area contributed by atoms with E-state index in [2.05, 4.69) is 9.88 Å². The number of para-hydroxylation sites is 1. The number of amides is 1. The van der Waals surface area contributed by atoms with Crippen molar-refractivity contribution in [1.29, 1.82) is 0 Å². The summed E-state index contributed by atoms with van der Waals surface area (Å²) < 4.78 is 41.2. The summed E-state index contributed by atoms with van der Waals surface area (Å²) in [5.74, 6) is 0.323. The second kappa shape index (κ2) is 9.97. The molecule has 0 saturated heterocycles. The van der Waals surface area contributed by atoms with Gasteiger partial charge in [0.1, 0.15) is 0 Å². The van der Waals surface area contributed by atoms with Crippen molar-refractivity contribution in [1.82, 2.24) is 9.88 Å². The molecule has 3 nitrogen and oxygen atoms in total. The molecule has 3 aromatic carbocycles. The fourth-order valence-electron chi connectivity index (χ4n) is 4.01. The minimum atomic E-state index is -4.35. The second-order valence-corrected chi connectivity index (χ2v) is 9.34. The molecule has 0 atom stereocenters. The number of nitrogens with zero attached hydrogens (tertiary/aromatic N) is 1. The van der Waals surface area contributed by atoms with E-state index >= 15 is 0 Å². The van der Waals surface area contributed by atoms with Gasteiger partial charge in [0.15, 0.2) is 0 Å². The molecule has 0 saturated carbocycles. The molecule has 0 spiro atoms. The van der Waals surface area contributed by atoms with Crippen LogP contribution in [-0.2, 0) is 18.5 Å². The lowest BCUT2D eigenvalue weighted by atomic mass is 10.1. The van der Waals surface area contributed by atoms with E-state index in [1.165, 1.54) is 23.9 Å². The Bertz CT molecular complexity index is 1310. The van der Waals surface area contributed by atoms with Crippen molar-refractivity contribution >= 4 is 28.6 Å². The van der Waals surface area contributed by atoms with Crippen LogP contribution in [0.25, 0.3) is 10.9 Å². The summed E-state index contributed by atoms with van der Waals surface area (Å²) in [5, 5.41) is 4.02. The van der Waals surface area contributed by atoms with Crippen molar-refractivity contribution in [2.75, 3.05) is 6.54 Å². The van der Waals surface area contributed by atoms with Gasteiger partial charge in [-0.15, -0.1) is 11.8 Å². The number of alkyl halides is 3. The highest BCUT2D eigenvalue weighted by Gasteiger charge is 2.30. The van der Waals surface area contributed by atoms with Crippen molar-refractivity contribution in [3.8, 4) is 0 Å². The fourth-order valence-corrected chi connectivity index (χ4v) is 5.04. The van der Waals surface area contributed by atoms with Crippen molar-refractivity contribution in [2.45, 2.75) is 37.2 Å². The molecule has 1 heterocycles. The fraction of sp³-hybridized carbons (Fsp3) is 0.222. The van der Waals surface area contributed by atoms with Gasteiger partial charge >= 0.3 is 6.18 Å². The second-order valence-electron chi connectivity index (χ2n) is 8.32. The molecular weight excluding hydrogens is 457 g/mol. The van der Waals surface area contributed by atoms with E-state index in [1.54, 1.807) is 6.07 Å². The summed E-state index contributed by atoms with van der Waals surface area (Å²) in [5.41, 5.74) is 3.75. The summed E-state index contributed by atoms with van der Waals surface area (Å²) in [6, 6.07) is 19.1. The molecule has 0 aliphatic rings. The molecule has 0 aliphatic carbocycles. The van der Waals surface area contributed by atoms with Gasteiger partial charge in [0, 0.05) is 46.4 Å². The Labute approximate surface area is 201 Å². The van der Waals surface area contributed by atoms with Crippen LogP contribution in [0.1, 0.15) is 32.6 Å². The summed E-state index contributed by atoms with van der Waals surface area (Å²) in [6.45, 7) is 4.98. The first-order chi connectivity index (χ1) is 16.2. The first-order valence-corrected chi connectivity index (χ1v) is 11.9. The maximum absolute atomic E-state index is 13.0. The van der Waals surface area contributed by atoms with Gasteiger partial charge < -0.3 is 9.88 Å². The van der Waals surface area contributed by atoms with Crippen molar-refractivity contribution < 1.29 is 18.0 Å².